The topological polar surface area (TPSA) is 125 Å². The highest BCUT2D eigenvalue weighted by Crippen LogP contribution is 2.24. The lowest BCUT2D eigenvalue weighted by atomic mass is 10.1. The van der Waals surface area contributed by atoms with Gasteiger partial charge in [-0.05, 0) is 72.7 Å². The molecule has 0 radical (unpaired) electrons. The first-order valence-electron chi connectivity index (χ1n) is 10.7. The zero-order valence-corrected chi connectivity index (χ0v) is 19.7. The third kappa shape index (κ3) is 5.53. The van der Waals surface area contributed by atoms with E-state index in [2.05, 4.69) is 10.6 Å². The average Bonchev–Trinajstić information content (AvgIpc) is 2.84. The molecule has 5 amide bonds. The molecule has 36 heavy (non-hydrogen) atoms. The van der Waals surface area contributed by atoms with Crippen molar-refractivity contribution in [2.45, 2.75) is 6.92 Å². The second-order valence-electron chi connectivity index (χ2n) is 7.84. The fourth-order valence-corrected chi connectivity index (χ4v) is 3.52. The number of imide groups is 2. The van der Waals surface area contributed by atoms with Crippen molar-refractivity contribution in [3.8, 4) is 11.5 Å². The third-order valence-electron chi connectivity index (χ3n) is 5.23. The first-order valence-corrected chi connectivity index (χ1v) is 11.1. The van der Waals surface area contributed by atoms with Crippen LogP contribution in [0.25, 0.3) is 6.08 Å². The van der Waals surface area contributed by atoms with Crippen molar-refractivity contribution in [2.75, 3.05) is 16.8 Å². The summed E-state index contributed by atoms with van der Waals surface area (Å²) in [6.07, 6.45) is 1.34. The summed E-state index contributed by atoms with van der Waals surface area (Å²) in [6, 6.07) is 16.1. The van der Waals surface area contributed by atoms with Crippen molar-refractivity contribution in [1.82, 2.24) is 5.32 Å². The number of nitrogens with one attached hydrogen (secondary N) is 2. The number of anilines is 2. The predicted molar refractivity (Wildman–Crippen MR) is 134 cm³/mol. The lowest BCUT2D eigenvalue weighted by molar-refractivity contribution is -0.122. The van der Waals surface area contributed by atoms with E-state index in [-0.39, 0.29) is 29.5 Å². The van der Waals surface area contributed by atoms with E-state index in [4.69, 9.17) is 16.3 Å². The Labute approximate surface area is 210 Å². The van der Waals surface area contributed by atoms with Crippen LogP contribution in [0.4, 0.5) is 16.2 Å². The lowest BCUT2D eigenvalue weighted by Crippen LogP contribution is -2.54. The van der Waals surface area contributed by atoms with Gasteiger partial charge in [0.05, 0.1) is 5.69 Å². The molecule has 3 aromatic rings. The minimum Gasteiger partial charge on any atom is -0.508 e. The number of rotatable bonds is 6. The number of hydrogen-bond acceptors (Lipinski definition) is 6. The van der Waals surface area contributed by atoms with Gasteiger partial charge < -0.3 is 15.2 Å². The standard InChI is InChI=1S/C26H20ClN3O6/c1-15-2-5-17(13-22(15)27)28-23(32)14-36-20-10-3-16(4-11-20)12-21-24(33)29-26(35)30(25(21)34)18-6-8-19(31)9-7-18/h2-13,31H,14H2,1H3,(H,28,32)(H,29,33,35)/b21-12-. The van der Waals surface area contributed by atoms with Gasteiger partial charge in [0, 0.05) is 10.7 Å². The Morgan fingerprint density at radius 3 is 2.42 bits per heavy atom. The number of urea groups is 1. The number of carbonyl (C=O) groups excluding carboxylic acids is 4. The average molecular weight is 506 g/mol. The number of hydrogen-bond donors (Lipinski definition) is 3. The van der Waals surface area contributed by atoms with Crippen LogP contribution in [0.1, 0.15) is 11.1 Å². The molecular formula is C26H20ClN3O6. The van der Waals surface area contributed by atoms with E-state index in [1.165, 1.54) is 30.3 Å². The van der Waals surface area contributed by atoms with Crippen LogP contribution >= 0.6 is 11.6 Å². The summed E-state index contributed by atoms with van der Waals surface area (Å²) < 4.78 is 5.49. The summed E-state index contributed by atoms with van der Waals surface area (Å²) in [4.78, 5) is 50.4. The molecule has 0 unspecified atom stereocenters. The first-order chi connectivity index (χ1) is 17.2. The van der Waals surface area contributed by atoms with Gasteiger partial charge in [0.1, 0.15) is 17.1 Å². The van der Waals surface area contributed by atoms with E-state index in [1.54, 1.807) is 42.5 Å². The van der Waals surface area contributed by atoms with Gasteiger partial charge in [-0.3, -0.25) is 19.7 Å². The lowest BCUT2D eigenvalue weighted by Gasteiger charge is -2.26. The third-order valence-corrected chi connectivity index (χ3v) is 5.63. The molecule has 1 saturated heterocycles. The smallest absolute Gasteiger partial charge is 0.335 e. The number of carbonyl (C=O) groups is 4. The summed E-state index contributed by atoms with van der Waals surface area (Å²) in [6.45, 7) is 1.62. The number of phenols is 1. The number of nitrogens with zero attached hydrogens (tertiary/aromatic N) is 1. The number of halogens is 1. The molecular weight excluding hydrogens is 486 g/mol. The molecule has 0 aromatic heterocycles. The highest BCUT2D eigenvalue weighted by molar-refractivity contribution is 6.39. The van der Waals surface area contributed by atoms with Crippen LogP contribution in [0.3, 0.4) is 0 Å². The molecule has 3 N–H and O–H groups in total. The largest absolute Gasteiger partial charge is 0.508 e. The number of amides is 5. The van der Waals surface area contributed by atoms with Crippen molar-refractivity contribution >= 4 is 52.8 Å². The van der Waals surface area contributed by atoms with Gasteiger partial charge in [-0.15, -0.1) is 0 Å². The number of barbiturate groups is 1. The molecule has 1 aliphatic heterocycles. The van der Waals surface area contributed by atoms with Crippen LogP contribution in [0.2, 0.25) is 5.02 Å². The molecule has 0 aliphatic carbocycles. The summed E-state index contributed by atoms with van der Waals surface area (Å²) in [7, 11) is 0. The first kappa shape index (κ1) is 24.5. The monoisotopic (exact) mass is 505 g/mol. The SMILES string of the molecule is Cc1ccc(NC(=O)COc2ccc(/C=C3/C(=O)NC(=O)N(c4ccc(O)cc4)C3=O)cc2)cc1Cl. The zero-order valence-electron chi connectivity index (χ0n) is 18.9. The Hall–Kier alpha value is -4.63. The molecule has 10 heteroatoms. The molecule has 9 nitrogen and oxygen atoms in total. The fourth-order valence-electron chi connectivity index (χ4n) is 3.34. The van der Waals surface area contributed by atoms with Gasteiger partial charge in [0.25, 0.3) is 17.7 Å². The van der Waals surface area contributed by atoms with E-state index >= 15 is 0 Å². The minimum absolute atomic E-state index is 0.0326. The molecule has 0 bridgehead atoms. The maximum absolute atomic E-state index is 12.9. The number of ether oxygens (including phenoxy) is 1. The van der Waals surface area contributed by atoms with Crippen LogP contribution < -0.4 is 20.3 Å². The Morgan fingerprint density at radius 2 is 1.75 bits per heavy atom. The molecule has 4 rings (SSSR count). The number of benzene rings is 3. The summed E-state index contributed by atoms with van der Waals surface area (Å²) in [5, 5.41) is 14.8. The van der Waals surface area contributed by atoms with Gasteiger partial charge in [-0.25, -0.2) is 9.69 Å². The fraction of sp³-hybridized carbons (Fsp3) is 0.0769. The molecule has 0 saturated carbocycles. The van der Waals surface area contributed by atoms with E-state index in [9.17, 15) is 24.3 Å². The van der Waals surface area contributed by atoms with Crippen molar-refractivity contribution in [2.24, 2.45) is 0 Å². The predicted octanol–water partition coefficient (Wildman–Crippen LogP) is 4.04. The summed E-state index contributed by atoms with van der Waals surface area (Å²) >= 11 is 6.06. The highest BCUT2D eigenvalue weighted by Gasteiger charge is 2.36. The van der Waals surface area contributed by atoms with E-state index in [1.807, 2.05) is 6.92 Å². The second kappa shape index (κ2) is 10.3. The Morgan fingerprint density at radius 1 is 1.06 bits per heavy atom. The molecule has 0 spiro atoms. The summed E-state index contributed by atoms with van der Waals surface area (Å²) in [5.41, 5.74) is 1.90. The molecule has 0 atom stereocenters. The highest BCUT2D eigenvalue weighted by atomic mass is 35.5. The number of aromatic hydroxyl groups is 1. The van der Waals surface area contributed by atoms with Crippen molar-refractivity contribution in [1.29, 1.82) is 0 Å². The van der Waals surface area contributed by atoms with E-state index in [0.29, 0.717) is 22.0 Å². The van der Waals surface area contributed by atoms with Gasteiger partial charge in [0.15, 0.2) is 6.61 Å². The number of phenolic OH excluding ortho intramolecular Hbond substituents is 1. The molecule has 3 aromatic carbocycles. The zero-order chi connectivity index (χ0) is 25.8. The number of aryl methyl sites for hydroxylation is 1. The normalized spacial score (nSPS) is 14.6. The maximum Gasteiger partial charge on any atom is 0.335 e. The van der Waals surface area contributed by atoms with Gasteiger partial charge in [-0.1, -0.05) is 29.8 Å². The van der Waals surface area contributed by atoms with Gasteiger partial charge >= 0.3 is 6.03 Å². The molecule has 1 heterocycles. The Balaban J connectivity index is 1.42. The van der Waals surface area contributed by atoms with E-state index < -0.39 is 17.8 Å². The quantitative estimate of drug-likeness (QED) is 0.343. The Bertz CT molecular complexity index is 1380. The minimum atomic E-state index is -0.886. The van der Waals surface area contributed by atoms with Crippen LogP contribution in [0.5, 0.6) is 11.5 Å². The Kier molecular flexibility index (Phi) is 7.03. The van der Waals surface area contributed by atoms with Crippen LogP contribution in [-0.4, -0.2) is 35.5 Å². The van der Waals surface area contributed by atoms with E-state index in [0.717, 1.165) is 10.5 Å². The van der Waals surface area contributed by atoms with Crippen molar-refractivity contribution < 1.29 is 29.0 Å². The molecule has 1 aliphatic rings. The maximum atomic E-state index is 12.9. The van der Waals surface area contributed by atoms with Crippen LogP contribution in [0, 0.1) is 6.92 Å². The van der Waals surface area contributed by atoms with Gasteiger partial charge in [0.2, 0.25) is 0 Å². The van der Waals surface area contributed by atoms with Crippen LogP contribution in [0.15, 0.2) is 72.3 Å². The molecule has 1 fully saturated rings. The van der Waals surface area contributed by atoms with Crippen molar-refractivity contribution in [3.05, 3.63) is 88.5 Å². The van der Waals surface area contributed by atoms with Crippen molar-refractivity contribution in [3.63, 3.8) is 0 Å². The van der Waals surface area contributed by atoms with Crippen LogP contribution in [-0.2, 0) is 14.4 Å². The molecule has 182 valence electrons. The second-order valence-corrected chi connectivity index (χ2v) is 8.25. The summed E-state index contributed by atoms with van der Waals surface area (Å²) in [5.74, 6) is -1.63. The van der Waals surface area contributed by atoms with Gasteiger partial charge in [-0.2, -0.15) is 0 Å².